The number of amides is 1. The molecule has 1 aromatic carbocycles. The number of nitrogens with one attached hydrogen (secondary N) is 3. The van der Waals surface area contributed by atoms with E-state index in [4.69, 9.17) is 4.74 Å². The van der Waals surface area contributed by atoms with Crippen LogP contribution in [0.4, 0.5) is 0 Å². The molecule has 0 aliphatic heterocycles. The van der Waals surface area contributed by atoms with Crippen molar-refractivity contribution in [1.29, 1.82) is 0 Å². The molecular weight excluding hydrogens is 443 g/mol. The molecule has 0 bridgehead atoms. The second-order valence-electron chi connectivity index (χ2n) is 6.78. The Balaban J connectivity index is 0.00000625. The fourth-order valence-corrected chi connectivity index (χ4v) is 2.45. The smallest absolute Gasteiger partial charge is 0.227 e. The van der Waals surface area contributed by atoms with Gasteiger partial charge in [0.1, 0.15) is 5.75 Å². The van der Waals surface area contributed by atoms with Gasteiger partial charge in [0, 0.05) is 27.2 Å². The number of guanidine groups is 1. The van der Waals surface area contributed by atoms with Gasteiger partial charge in [-0.1, -0.05) is 19.1 Å². The SMILES string of the molecule is CN=C(NCCC(C)c1ccc(OC)cc1)NCC(C)(C)C(=O)NC.I. The first-order chi connectivity index (χ1) is 11.8. The van der Waals surface area contributed by atoms with Crippen LogP contribution in [0.1, 0.15) is 38.7 Å². The van der Waals surface area contributed by atoms with Gasteiger partial charge < -0.3 is 20.7 Å². The number of ether oxygens (including phenoxy) is 1. The lowest BCUT2D eigenvalue weighted by atomic mass is 9.92. The normalized spacial score (nSPS) is 12.6. The molecule has 0 heterocycles. The average molecular weight is 476 g/mol. The maximum Gasteiger partial charge on any atom is 0.227 e. The molecular formula is C19H33IN4O2. The average Bonchev–Trinajstić information content (AvgIpc) is 2.63. The molecule has 0 aromatic heterocycles. The van der Waals surface area contributed by atoms with E-state index >= 15 is 0 Å². The van der Waals surface area contributed by atoms with E-state index in [1.54, 1.807) is 21.2 Å². The first kappa shape index (κ1) is 24.5. The molecule has 0 spiro atoms. The molecule has 0 saturated heterocycles. The van der Waals surface area contributed by atoms with Gasteiger partial charge in [-0.2, -0.15) is 0 Å². The van der Waals surface area contributed by atoms with Gasteiger partial charge in [-0.3, -0.25) is 9.79 Å². The third-order valence-electron chi connectivity index (χ3n) is 4.32. The van der Waals surface area contributed by atoms with Gasteiger partial charge in [-0.25, -0.2) is 0 Å². The van der Waals surface area contributed by atoms with Crippen LogP contribution in [0.25, 0.3) is 0 Å². The molecule has 1 unspecified atom stereocenters. The fraction of sp³-hybridized carbons (Fsp3) is 0.579. The number of hydrogen-bond donors (Lipinski definition) is 3. The van der Waals surface area contributed by atoms with Crippen molar-refractivity contribution >= 4 is 35.8 Å². The predicted molar refractivity (Wildman–Crippen MR) is 119 cm³/mol. The Morgan fingerprint density at radius 1 is 1.23 bits per heavy atom. The number of hydrogen-bond acceptors (Lipinski definition) is 3. The molecule has 0 fully saturated rings. The van der Waals surface area contributed by atoms with Crippen LogP contribution >= 0.6 is 24.0 Å². The lowest BCUT2D eigenvalue weighted by Crippen LogP contribution is -2.47. The van der Waals surface area contributed by atoms with Gasteiger partial charge in [-0.05, 0) is 43.9 Å². The van der Waals surface area contributed by atoms with E-state index in [9.17, 15) is 4.79 Å². The number of benzene rings is 1. The highest BCUT2D eigenvalue weighted by Crippen LogP contribution is 2.21. The third-order valence-corrected chi connectivity index (χ3v) is 4.32. The van der Waals surface area contributed by atoms with E-state index < -0.39 is 5.41 Å². The Bertz CT molecular complexity index is 573. The van der Waals surface area contributed by atoms with Crippen LogP contribution in [0.15, 0.2) is 29.3 Å². The zero-order valence-corrected chi connectivity index (χ0v) is 19.0. The molecule has 0 aliphatic carbocycles. The van der Waals surface area contributed by atoms with E-state index in [1.165, 1.54) is 5.56 Å². The summed E-state index contributed by atoms with van der Waals surface area (Å²) in [4.78, 5) is 16.0. The quantitative estimate of drug-likeness (QED) is 0.307. The van der Waals surface area contributed by atoms with Crippen molar-refractivity contribution in [2.75, 3.05) is 34.3 Å². The van der Waals surface area contributed by atoms with Crippen molar-refractivity contribution in [3.63, 3.8) is 0 Å². The van der Waals surface area contributed by atoms with E-state index in [1.807, 2.05) is 26.0 Å². The van der Waals surface area contributed by atoms with Gasteiger partial charge in [0.15, 0.2) is 5.96 Å². The molecule has 1 rings (SSSR count). The number of carbonyl (C=O) groups excluding carboxylic acids is 1. The maximum absolute atomic E-state index is 11.8. The number of nitrogens with zero attached hydrogens (tertiary/aromatic N) is 1. The zero-order valence-electron chi connectivity index (χ0n) is 16.7. The number of carbonyl (C=O) groups is 1. The summed E-state index contributed by atoms with van der Waals surface area (Å²) < 4.78 is 5.19. The third kappa shape index (κ3) is 7.80. The van der Waals surface area contributed by atoms with Crippen molar-refractivity contribution in [3.05, 3.63) is 29.8 Å². The van der Waals surface area contributed by atoms with Gasteiger partial charge in [0.2, 0.25) is 5.91 Å². The predicted octanol–water partition coefficient (Wildman–Crippen LogP) is 2.74. The largest absolute Gasteiger partial charge is 0.497 e. The Morgan fingerprint density at radius 2 is 1.85 bits per heavy atom. The molecule has 26 heavy (non-hydrogen) atoms. The van der Waals surface area contributed by atoms with Gasteiger partial charge >= 0.3 is 0 Å². The Kier molecular flexibility index (Phi) is 11.3. The second-order valence-corrected chi connectivity index (χ2v) is 6.78. The minimum absolute atomic E-state index is 0. The standard InChI is InChI=1S/C19H32N4O2.HI/c1-14(15-7-9-16(25-6)10-8-15)11-12-22-18(21-5)23-13-19(2,3)17(24)20-4;/h7-10,14H,11-13H2,1-6H3,(H,20,24)(H2,21,22,23);1H. The Morgan fingerprint density at radius 3 is 2.35 bits per heavy atom. The van der Waals surface area contributed by atoms with Gasteiger partial charge in [-0.15, -0.1) is 24.0 Å². The van der Waals surface area contributed by atoms with E-state index in [0.717, 1.165) is 18.7 Å². The summed E-state index contributed by atoms with van der Waals surface area (Å²) in [6.45, 7) is 7.32. The number of rotatable bonds is 8. The summed E-state index contributed by atoms with van der Waals surface area (Å²) >= 11 is 0. The molecule has 3 N–H and O–H groups in total. The molecule has 1 amide bonds. The number of methoxy groups -OCH3 is 1. The Hall–Kier alpha value is -1.51. The van der Waals surface area contributed by atoms with E-state index in [2.05, 4.69) is 40.0 Å². The van der Waals surface area contributed by atoms with Crippen LogP contribution in [-0.2, 0) is 4.79 Å². The minimum Gasteiger partial charge on any atom is -0.497 e. The molecule has 1 aromatic rings. The second kappa shape index (κ2) is 12.0. The van der Waals surface area contributed by atoms with Crippen molar-refractivity contribution in [2.24, 2.45) is 10.4 Å². The number of aliphatic imine (C=N–C) groups is 1. The van der Waals surface area contributed by atoms with Crippen LogP contribution in [0.2, 0.25) is 0 Å². The topological polar surface area (TPSA) is 74.8 Å². The van der Waals surface area contributed by atoms with Gasteiger partial charge in [0.05, 0.1) is 12.5 Å². The van der Waals surface area contributed by atoms with Crippen molar-refractivity contribution in [2.45, 2.75) is 33.1 Å². The summed E-state index contributed by atoms with van der Waals surface area (Å²) in [6, 6.07) is 8.17. The van der Waals surface area contributed by atoms with Crippen LogP contribution in [-0.4, -0.2) is 46.2 Å². The summed E-state index contributed by atoms with van der Waals surface area (Å²) in [6.07, 6.45) is 0.978. The first-order valence-corrected chi connectivity index (χ1v) is 8.64. The minimum atomic E-state index is -0.497. The lowest BCUT2D eigenvalue weighted by Gasteiger charge is -2.24. The summed E-state index contributed by atoms with van der Waals surface area (Å²) in [5, 5.41) is 9.20. The number of halogens is 1. The highest BCUT2D eigenvalue weighted by molar-refractivity contribution is 14.0. The Labute approximate surface area is 174 Å². The zero-order chi connectivity index (χ0) is 18.9. The van der Waals surface area contributed by atoms with E-state index in [0.29, 0.717) is 18.4 Å². The van der Waals surface area contributed by atoms with Crippen molar-refractivity contribution in [1.82, 2.24) is 16.0 Å². The summed E-state index contributed by atoms with van der Waals surface area (Å²) in [5.41, 5.74) is 0.786. The summed E-state index contributed by atoms with van der Waals surface area (Å²) in [7, 11) is 5.05. The maximum atomic E-state index is 11.8. The lowest BCUT2D eigenvalue weighted by molar-refractivity contribution is -0.128. The van der Waals surface area contributed by atoms with Crippen LogP contribution in [0, 0.1) is 5.41 Å². The molecule has 1 atom stereocenters. The molecule has 0 saturated carbocycles. The molecule has 7 heteroatoms. The molecule has 0 aliphatic rings. The summed E-state index contributed by atoms with van der Waals surface area (Å²) in [5.74, 6) is 2.01. The molecule has 148 valence electrons. The highest BCUT2D eigenvalue weighted by Gasteiger charge is 2.26. The highest BCUT2D eigenvalue weighted by atomic mass is 127. The first-order valence-electron chi connectivity index (χ1n) is 8.64. The molecule has 6 nitrogen and oxygen atoms in total. The monoisotopic (exact) mass is 476 g/mol. The van der Waals surface area contributed by atoms with Crippen molar-refractivity contribution < 1.29 is 9.53 Å². The van der Waals surface area contributed by atoms with Gasteiger partial charge in [0.25, 0.3) is 0 Å². The van der Waals surface area contributed by atoms with Crippen LogP contribution in [0.5, 0.6) is 5.75 Å². The van der Waals surface area contributed by atoms with Crippen LogP contribution in [0.3, 0.4) is 0 Å². The molecule has 0 radical (unpaired) electrons. The van der Waals surface area contributed by atoms with Crippen LogP contribution < -0.4 is 20.7 Å². The van der Waals surface area contributed by atoms with Crippen molar-refractivity contribution in [3.8, 4) is 5.75 Å². The fourth-order valence-electron chi connectivity index (χ4n) is 2.45. The van der Waals surface area contributed by atoms with E-state index in [-0.39, 0.29) is 29.9 Å².